The van der Waals surface area contributed by atoms with E-state index in [-0.39, 0.29) is 17.5 Å². The number of carboxylic acids is 1. The van der Waals surface area contributed by atoms with Crippen molar-refractivity contribution in [2.45, 2.75) is 30.8 Å². The molecule has 0 aromatic carbocycles. The predicted octanol–water partition coefficient (Wildman–Crippen LogP) is 1.74. The minimum atomic E-state index is -1.11. The average Bonchev–Trinajstić information content (AvgIpc) is 2.92. The second kappa shape index (κ2) is 5.35. The molecule has 0 radical (unpaired) electrons. The number of thioether (sulfide) groups is 1. The van der Waals surface area contributed by atoms with Crippen LogP contribution in [0.2, 0.25) is 0 Å². The quantitative estimate of drug-likeness (QED) is 0.810. The van der Waals surface area contributed by atoms with Crippen molar-refractivity contribution in [1.29, 1.82) is 0 Å². The Bertz CT molecular complexity index is 640. The van der Waals surface area contributed by atoms with Gasteiger partial charge in [0, 0.05) is 17.4 Å². The highest BCUT2D eigenvalue weighted by atomic mass is 32.2. The molecule has 0 aliphatic rings. The van der Waals surface area contributed by atoms with Crippen LogP contribution in [0.5, 0.6) is 0 Å². The highest BCUT2D eigenvalue weighted by molar-refractivity contribution is 7.98. The Morgan fingerprint density at radius 3 is 3.00 bits per heavy atom. The van der Waals surface area contributed by atoms with Gasteiger partial charge in [-0.25, -0.2) is 14.7 Å². The molecule has 0 unspecified atom stereocenters. The summed E-state index contributed by atoms with van der Waals surface area (Å²) >= 11 is 1.28. The molecule has 0 atom stereocenters. The third-order valence-corrected chi connectivity index (χ3v) is 3.49. The number of carboxylic acid groups (broad SMARTS) is 1. The van der Waals surface area contributed by atoms with Crippen LogP contribution in [-0.2, 0) is 5.75 Å². The fourth-order valence-electron chi connectivity index (χ4n) is 1.63. The summed E-state index contributed by atoms with van der Waals surface area (Å²) in [5, 5.41) is 15.7. The lowest BCUT2D eigenvalue weighted by molar-refractivity contribution is 0.0661. The number of carbonyl (C=O) groups is 1. The van der Waals surface area contributed by atoms with Crippen molar-refractivity contribution in [2.24, 2.45) is 0 Å². The molecule has 0 fully saturated rings. The minimum Gasteiger partial charge on any atom is -0.475 e. The summed E-state index contributed by atoms with van der Waals surface area (Å²) < 4.78 is 6.41. The van der Waals surface area contributed by atoms with E-state index in [0.29, 0.717) is 16.5 Å². The fourth-order valence-corrected chi connectivity index (χ4v) is 2.68. The van der Waals surface area contributed by atoms with E-state index in [9.17, 15) is 9.59 Å². The Morgan fingerprint density at radius 2 is 2.37 bits per heavy atom. The van der Waals surface area contributed by atoms with E-state index in [0.717, 1.165) is 0 Å². The van der Waals surface area contributed by atoms with E-state index >= 15 is 0 Å². The largest absolute Gasteiger partial charge is 0.475 e. The highest BCUT2D eigenvalue weighted by Gasteiger charge is 2.16. The first-order valence-electron chi connectivity index (χ1n) is 5.60. The number of aromatic amines is 1. The molecule has 19 heavy (non-hydrogen) atoms. The Kier molecular flexibility index (Phi) is 3.79. The van der Waals surface area contributed by atoms with Gasteiger partial charge in [-0.05, 0) is 19.9 Å². The van der Waals surface area contributed by atoms with Crippen LogP contribution in [0.3, 0.4) is 0 Å². The molecule has 2 rings (SSSR count). The summed E-state index contributed by atoms with van der Waals surface area (Å²) in [7, 11) is 0. The standard InChI is InChI=1S/C11H13N3O4S/c1-6(2)14-10(17)12-13-11(14)19-5-7-3-4-18-8(7)9(15)16/h3-4,6H,5H2,1-2H3,(H,12,17)(H,15,16). The Balaban J connectivity index is 2.17. The third-order valence-electron chi connectivity index (χ3n) is 2.49. The number of H-pyrrole nitrogens is 1. The van der Waals surface area contributed by atoms with Gasteiger partial charge in [-0.15, -0.1) is 5.10 Å². The average molecular weight is 283 g/mol. The van der Waals surface area contributed by atoms with Gasteiger partial charge in [-0.2, -0.15) is 0 Å². The van der Waals surface area contributed by atoms with Gasteiger partial charge in [0.1, 0.15) is 0 Å². The smallest absolute Gasteiger partial charge is 0.372 e. The zero-order valence-electron chi connectivity index (χ0n) is 10.4. The van der Waals surface area contributed by atoms with Gasteiger partial charge in [0.2, 0.25) is 5.76 Å². The van der Waals surface area contributed by atoms with E-state index in [4.69, 9.17) is 9.52 Å². The first-order valence-corrected chi connectivity index (χ1v) is 6.58. The lowest BCUT2D eigenvalue weighted by atomic mass is 10.3. The van der Waals surface area contributed by atoms with E-state index in [1.54, 1.807) is 6.07 Å². The molecule has 0 aliphatic heterocycles. The normalized spacial score (nSPS) is 11.1. The van der Waals surface area contributed by atoms with Crippen molar-refractivity contribution in [3.05, 3.63) is 34.1 Å². The lowest BCUT2D eigenvalue weighted by Crippen LogP contribution is -2.19. The molecule has 7 nitrogen and oxygen atoms in total. The fraction of sp³-hybridized carbons (Fsp3) is 0.364. The number of furan rings is 1. The van der Waals surface area contributed by atoms with Crippen LogP contribution >= 0.6 is 11.8 Å². The van der Waals surface area contributed by atoms with Crippen LogP contribution in [0.4, 0.5) is 0 Å². The van der Waals surface area contributed by atoms with Crippen LogP contribution < -0.4 is 5.69 Å². The summed E-state index contributed by atoms with van der Waals surface area (Å²) in [5.41, 5.74) is 0.284. The maximum absolute atomic E-state index is 11.5. The van der Waals surface area contributed by atoms with Crippen LogP contribution in [0.25, 0.3) is 0 Å². The predicted molar refractivity (Wildman–Crippen MR) is 68.5 cm³/mol. The van der Waals surface area contributed by atoms with Crippen LogP contribution in [0.1, 0.15) is 36.0 Å². The van der Waals surface area contributed by atoms with Crippen LogP contribution in [-0.4, -0.2) is 25.8 Å². The van der Waals surface area contributed by atoms with Crippen molar-refractivity contribution in [1.82, 2.24) is 14.8 Å². The van der Waals surface area contributed by atoms with Gasteiger partial charge in [-0.3, -0.25) is 4.57 Å². The van der Waals surface area contributed by atoms with Gasteiger partial charge in [-0.1, -0.05) is 11.8 Å². The molecule has 2 aromatic rings. The molecule has 0 spiro atoms. The number of nitrogens with zero attached hydrogens (tertiary/aromatic N) is 2. The number of rotatable bonds is 5. The molecular formula is C11H13N3O4S. The number of hydrogen-bond acceptors (Lipinski definition) is 5. The first kappa shape index (κ1) is 13.5. The van der Waals surface area contributed by atoms with Gasteiger partial charge >= 0.3 is 11.7 Å². The van der Waals surface area contributed by atoms with E-state index in [2.05, 4.69) is 10.2 Å². The SMILES string of the molecule is CC(C)n1c(SCc2ccoc2C(=O)O)n[nH]c1=O. The number of aromatic carboxylic acids is 1. The van der Waals surface area contributed by atoms with Crippen molar-refractivity contribution in [2.75, 3.05) is 0 Å². The third kappa shape index (κ3) is 2.73. The van der Waals surface area contributed by atoms with Crippen LogP contribution in [0, 0.1) is 0 Å². The number of hydrogen-bond donors (Lipinski definition) is 2. The molecule has 2 aromatic heterocycles. The second-order valence-corrected chi connectivity index (χ2v) is 5.09. The van der Waals surface area contributed by atoms with E-state index < -0.39 is 5.97 Å². The van der Waals surface area contributed by atoms with Crippen molar-refractivity contribution >= 4 is 17.7 Å². The van der Waals surface area contributed by atoms with E-state index in [1.807, 2.05) is 13.8 Å². The summed E-state index contributed by atoms with van der Waals surface area (Å²) in [5.74, 6) is -0.819. The highest BCUT2D eigenvalue weighted by Crippen LogP contribution is 2.24. The molecule has 0 amide bonds. The Hall–Kier alpha value is -1.96. The zero-order chi connectivity index (χ0) is 14.0. The van der Waals surface area contributed by atoms with Crippen molar-refractivity contribution in [3.63, 3.8) is 0 Å². The molecule has 0 saturated heterocycles. The second-order valence-electron chi connectivity index (χ2n) is 4.14. The van der Waals surface area contributed by atoms with Gasteiger partial charge in [0.25, 0.3) is 0 Å². The number of aromatic nitrogens is 3. The van der Waals surface area contributed by atoms with Gasteiger partial charge in [0.15, 0.2) is 5.16 Å². The molecule has 0 aliphatic carbocycles. The maximum atomic E-state index is 11.5. The van der Waals surface area contributed by atoms with Gasteiger partial charge < -0.3 is 9.52 Å². The number of nitrogens with one attached hydrogen (secondary N) is 1. The zero-order valence-corrected chi connectivity index (χ0v) is 11.2. The molecule has 8 heteroatoms. The first-order chi connectivity index (χ1) is 9.00. The van der Waals surface area contributed by atoms with Crippen molar-refractivity contribution in [3.8, 4) is 0 Å². The maximum Gasteiger partial charge on any atom is 0.372 e. The molecule has 0 bridgehead atoms. The molecule has 0 saturated carbocycles. The minimum absolute atomic E-state index is 0.0166. The topological polar surface area (TPSA) is 101 Å². The monoisotopic (exact) mass is 283 g/mol. The Morgan fingerprint density at radius 1 is 1.63 bits per heavy atom. The summed E-state index contributed by atoms with van der Waals surface area (Å²) in [6.45, 7) is 3.75. The molecule has 102 valence electrons. The van der Waals surface area contributed by atoms with Crippen LogP contribution in [0.15, 0.2) is 26.7 Å². The summed E-state index contributed by atoms with van der Waals surface area (Å²) in [4.78, 5) is 22.4. The summed E-state index contributed by atoms with van der Waals surface area (Å²) in [6.07, 6.45) is 1.33. The molecule has 2 heterocycles. The van der Waals surface area contributed by atoms with Crippen molar-refractivity contribution < 1.29 is 14.3 Å². The molecular weight excluding hydrogens is 270 g/mol. The van der Waals surface area contributed by atoms with E-state index in [1.165, 1.54) is 22.6 Å². The lowest BCUT2D eigenvalue weighted by Gasteiger charge is -2.07. The summed E-state index contributed by atoms with van der Waals surface area (Å²) in [6, 6.07) is 1.58. The molecule has 2 N–H and O–H groups in total. The Labute approximate surface area is 112 Å². The van der Waals surface area contributed by atoms with Gasteiger partial charge in [0.05, 0.1) is 6.26 Å².